The maximum atomic E-state index is 9.98. The molecule has 0 aliphatic carbocycles. The fourth-order valence-corrected chi connectivity index (χ4v) is 2.49. The van der Waals surface area contributed by atoms with Crippen molar-refractivity contribution >= 4 is 0 Å². The third-order valence-electron chi connectivity index (χ3n) is 3.88. The van der Waals surface area contributed by atoms with E-state index in [4.69, 9.17) is 9.47 Å². The second-order valence-electron chi connectivity index (χ2n) is 6.74. The molecule has 0 aromatic heterocycles. The molecular weight excluding hydrogens is 304 g/mol. The van der Waals surface area contributed by atoms with Crippen molar-refractivity contribution in [3.8, 4) is 11.5 Å². The molecule has 23 heavy (non-hydrogen) atoms. The Morgan fingerprint density at radius 2 is 1.74 bits per heavy atom. The van der Waals surface area contributed by atoms with Gasteiger partial charge < -0.3 is 35.0 Å². The lowest BCUT2D eigenvalue weighted by Gasteiger charge is -2.39. The Morgan fingerprint density at radius 1 is 1.09 bits per heavy atom. The van der Waals surface area contributed by atoms with Crippen LogP contribution in [-0.4, -0.2) is 62.8 Å². The summed E-state index contributed by atoms with van der Waals surface area (Å²) in [7, 11) is 0. The number of hydrogen-bond donors (Lipinski definition) is 5. The quantitative estimate of drug-likeness (QED) is 0.524. The zero-order valence-corrected chi connectivity index (χ0v) is 13.4. The predicted octanol–water partition coefficient (Wildman–Crippen LogP) is -0.132. The lowest BCUT2D eigenvalue weighted by atomic mass is 9.86. The number of aliphatic hydroxyl groups excluding tert-OH is 4. The SMILES string of the molecule is CC(C)(C)c1cc(O[C@@H]2O[C@H](CO)[C@H](O)[C@H](O)[C@H]2O)ccc1O. The molecule has 130 valence electrons. The van der Waals surface area contributed by atoms with E-state index < -0.39 is 37.3 Å². The number of benzene rings is 1. The van der Waals surface area contributed by atoms with E-state index in [9.17, 15) is 25.5 Å². The van der Waals surface area contributed by atoms with Gasteiger partial charge in [-0.05, 0) is 23.6 Å². The Kier molecular flexibility index (Phi) is 5.17. The maximum absolute atomic E-state index is 9.98. The summed E-state index contributed by atoms with van der Waals surface area (Å²) in [4.78, 5) is 0. The van der Waals surface area contributed by atoms with Gasteiger partial charge in [0.05, 0.1) is 6.61 Å². The minimum Gasteiger partial charge on any atom is -0.508 e. The number of rotatable bonds is 3. The lowest BCUT2D eigenvalue weighted by Crippen LogP contribution is -2.60. The van der Waals surface area contributed by atoms with Crippen LogP contribution < -0.4 is 4.74 Å². The highest BCUT2D eigenvalue weighted by molar-refractivity contribution is 5.43. The summed E-state index contributed by atoms with van der Waals surface area (Å²) in [6.07, 6.45) is -6.68. The van der Waals surface area contributed by atoms with Crippen molar-refractivity contribution in [3.63, 3.8) is 0 Å². The van der Waals surface area contributed by atoms with Crippen LogP contribution in [0.1, 0.15) is 26.3 Å². The summed E-state index contributed by atoms with van der Waals surface area (Å²) in [6, 6.07) is 4.60. The summed E-state index contributed by atoms with van der Waals surface area (Å²) < 4.78 is 10.8. The summed E-state index contributed by atoms with van der Waals surface area (Å²) in [5, 5.41) is 48.6. The van der Waals surface area contributed by atoms with E-state index in [0.29, 0.717) is 11.3 Å². The average molecular weight is 328 g/mol. The first-order valence-corrected chi connectivity index (χ1v) is 7.46. The van der Waals surface area contributed by atoms with Crippen LogP contribution in [0, 0.1) is 0 Å². The van der Waals surface area contributed by atoms with Crippen molar-refractivity contribution in [2.45, 2.75) is 56.9 Å². The van der Waals surface area contributed by atoms with Crippen molar-refractivity contribution < 1.29 is 35.0 Å². The Labute approximate surface area is 134 Å². The van der Waals surface area contributed by atoms with Gasteiger partial charge >= 0.3 is 0 Å². The standard InChI is InChI=1S/C16H24O7/c1-16(2,3)9-6-8(4-5-10(9)18)22-15-14(21)13(20)12(19)11(7-17)23-15/h4-6,11-15,17-21H,7H2,1-3H3/t11-,12+,13+,14-,15-/m1/s1. The van der Waals surface area contributed by atoms with Gasteiger partial charge in [-0.3, -0.25) is 0 Å². The molecule has 5 atom stereocenters. The van der Waals surface area contributed by atoms with Crippen molar-refractivity contribution in [2.24, 2.45) is 0 Å². The molecule has 7 heteroatoms. The highest BCUT2D eigenvalue weighted by Gasteiger charge is 2.44. The molecule has 5 N–H and O–H groups in total. The van der Waals surface area contributed by atoms with Crippen LogP contribution in [0.2, 0.25) is 0 Å². The zero-order chi connectivity index (χ0) is 17.4. The number of hydrogen-bond acceptors (Lipinski definition) is 7. The Bertz CT molecular complexity index is 538. The minimum atomic E-state index is -1.50. The number of phenols is 1. The van der Waals surface area contributed by atoms with Gasteiger partial charge in [-0.15, -0.1) is 0 Å². The smallest absolute Gasteiger partial charge is 0.229 e. The van der Waals surface area contributed by atoms with E-state index >= 15 is 0 Å². The molecule has 0 unspecified atom stereocenters. The molecule has 1 aromatic carbocycles. The van der Waals surface area contributed by atoms with Gasteiger partial charge in [0.15, 0.2) is 0 Å². The van der Waals surface area contributed by atoms with Gasteiger partial charge in [-0.2, -0.15) is 0 Å². The summed E-state index contributed by atoms with van der Waals surface area (Å²) >= 11 is 0. The average Bonchev–Trinajstić information content (AvgIpc) is 2.48. The predicted molar refractivity (Wildman–Crippen MR) is 81.2 cm³/mol. The maximum Gasteiger partial charge on any atom is 0.229 e. The third kappa shape index (κ3) is 3.76. The first-order valence-electron chi connectivity index (χ1n) is 7.46. The summed E-state index contributed by atoms with van der Waals surface area (Å²) in [5.41, 5.74) is 0.332. The molecule has 1 aromatic rings. The summed E-state index contributed by atoms with van der Waals surface area (Å²) in [5.74, 6) is 0.454. The number of phenolic OH excluding ortho intramolecular Hbond substituents is 1. The number of aliphatic hydroxyl groups is 4. The van der Waals surface area contributed by atoms with E-state index in [0.717, 1.165) is 0 Å². The monoisotopic (exact) mass is 328 g/mol. The van der Waals surface area contributed by atoms with E-state index in [-0.39, 0.29) is 11.2 Å². The molecule has 0 saturated carbocycles. The second-order valence-corrected chi connectivity index (χ2v) is 6.74. The molecule has 0 spiro atoms. The highest BCUT2D eigenvalue weighted by Crippen LogP contribution is 2.34. The fourth-order valence-electron chi connectivity index (χ4n) is 2.49. The summed E-state index contributed by atoms with van der Waals surface area (Å²) in [6.45, 7) is 5.27. The number of aromatic hydroxyl groups is 1. The molecule has 0 amide bonds. The van der Waals surface area contributed by atoms with Crippen molar-refractivity contribution in [2.75, 3.05) is 6.61 Å². The van der Waals surface area contributed by atoms with E-state index in [1.807, 2.05) is 20.8 Å². The van der Waals surface area contributed by atoms with Crippen LogP contribution in [-0.2, 0) is 10.2 Å². The molecule has 1 aliphatic rings. The Morgan fingerprint density at radius 3 is 2.30 bits per heavy atom. The minimum absolute atomic E-state index is 0.124. The molecule has 0 bridgehead atoms. The normalized spacial score (nSPS) is 31.9. The van der Waals surface area contributed by atoms with Gasteiger partial charge in [-0.25, -0.2) is 0 Å². The van der Waals surface area contributed by atoms with Gasteiger partial charge in [-0.1, -0.05) is 20.8 Å². The Hall–Kier alpha value is -1.38. The van der Waals surface area contributed by atoms with Gasteiger partial charge in [0.25, 0.3) is 0 Å². The molecule has 7 nitrogen and oxygen atoms in total. The molecule has 1 fully saturated rings. The van der Waals surface area contributed by atoms with Gasteiger partial charge in [0, 0.05) is 5.56 Å². The molecule has 0 radical (unpaired) electrons. The van der Waals surface area contributed by atoms with Gasteiger partial charge in [0.2, 0.25) is 6.29 Å². The fraction of sp³-hybridized carbons (Fsp3) is 0.625. The van der Waals surface area contributed by atoms with Crippen molar-refractivity contribution in [1.29, 1.82) is 0 Å². The van der Waals surface area contributed by atoms with Crippen molar-refractivity contribution in [1.82, 2.24) is 0 Å². The molecule has 1 saturated heterocycles. The van der Waals surface area contributed by atoms with E-state index in [1.165, 1.54) is 12.1 Å². The third-order valence-corrected chi connectivity index (χ3v) is 3.88. The van der Waals surface area contributed by atoms with Crippen LogP contribution in [0.5, 0.6) is 11.5 Å². The molecule has 2 rings (SSSR count). The van der Waals surface area contributed by atoms with Crippen molar-refractivity contribution in [3.05, 3.63) is 23.8 Å². The van der Waals surface area contributed by atoms with Gasteiger partial charge in [0.1, 0.15) is 35.9 Å². The lowest BCUT2D eigenvalue weighted by molar-refractivity contribution is -0.277. The Balaban J connectivity index is 2.21. The molecule has 1 aliphatic heterocycles. The van der Waals surface area contributed by atoms with Crippen LogP contribution in [0.4, 0.5) is 0 Å². The topological polar surface area (TPSA) is 120 Å². The van der Waals surface area contributed by atoms with Crippen LogP contribution in [0.15, 0.2) is 18.2 Å². The van der Waals surface area contributed by atoms with E-state index in [1.54, 1.807) is 6.07 Å². The van der Waals surface area contributed by atoms with Crippen LogP contribution in [0.3, 0.4) is 0 Å². The number of ether oxygens (including phenoxy) is 2. The second kappa shape index (κ2) is 6.62. The largest absolute Gasteiger partial charge is 0.508 e. The van der Waals surface area contributed by atoms with Crippen LogP contribution in [0.25, 0.3) is 0 Å². The first-order chi connectivity index (χ1) is 10.6. The first kappa shape index (κ1) is 18.0. The molecular formula is C16H24O7. The molecule has 1 heterocycles. The van der Waals surface area contributed by atoms with Crippen LogP contribution >= 0.6 is 0 Å². The van der Waals surface area contributed by atoms with E-state index in [2.05, 4.69) is 0 Å². The zero-order valence-electron chi connectivity index (χ0n) is 13.4. The highest BCUT2D eigenvalue weighted by atomic mass is 16.7.